The van der Waals surface area contributed by atoms with Crippen molar-refractivity contribution in [2.75, 3.05) is 0 Å². The second kappa shape index (κ2) is 13.6. The van der Waals surface area contributed by atoms with E-state index >= 15 is 0 Å². The molecule has 0 spiro atoms. The molecule has 0 saturated carbocycles. The molecule has 18 heavy (non-hydrogen) atoms. The van der Waals surface area contributed by atoms with E-state index in [1.165, 1.54) is 4.44 Å². The number of rotatable bonds is 7. The minimum atomic E-state index is -0.976. The Morgan fingerprint density at radius 3 is 0.944 bits per heavy atom. The Bertz CT molecular complexity index is 139. The second-order valence-electron chi connectivity index (χ2n) is 7.14. The zero-order valence-corrected chi connectivity index (χ0v) is 19.8. The van der Waals surface area contributed by atoms with E-state index in [-0.39, 0.29) is 0 Å². The fourth-order valence-corrected chi connectivity index (χ4v) is 13.3. The predicted octanol–water partition coefficient (Wildman–Crippen LogP) is 5.68. The SMILES string of the molecule is CC(C)[CH2][Sn].CC(C)[CH2][Sn]([CH2]C(C)C)[CH2]C(C)C. The maximum atomic E-state index is 2.39. The van der Waals surface area contributed by atoms with Crippen molar-refractivity contribution in [3.63, 3.8) is 0 Å². The van der Waals surface area contributed by atoms with Gasteiger partial charge in [-0.3, -0.25) is 0 Å². The fourth-order valence-electron chi connectivity index (χ4n) is 1.98. The van der Waals surface area contributed by atoms with Crippen molar-refractivity contribution in [3.8, 4) is 0 Å². The molecule has 0 nitrogen and oxygen atoms in total. The first-order chi connectivity index (χ1) is 8.18. The molecule has 0 atom stereocenters. The van der Waals surface area contributed by atoms with E-state index in [2.05, 4.69) is 55.4 Å². The first-order valence-electron chi connectivity index (χ1n) is 7.67. The molecule has 0 fully saturated rings. The van der Waals surface area contributed by atoms with Crippen molar-refractivity contribution in [1.29, 1.82) is 0 Å². The Kier molecular flexibility index (Phi) is 16.5. The summed E-state index contributed by atoms with van der Waals surface area (Å²) in [6, 6.07) is 0. The summed E-state index contributed by atoms with van der Waals surface area (Å²) in [5.41, 5.74) is 0. The molecule has 2 heteroatoms. The van der Waals surface area contributed by atoms with Gasteiger partial charge >= 0.3 is 139 Å². The third kappa shape index (κ3) is 19.9. The third-order valence-electron chi connectivity index (χ3n) is 2.50. The van der Waals surface area contributed by atoms with E-state index < -0.39 is 19.8 Å². The van der Waals surface area contributed by atoms with Crippen molar-refractivity contribution in [3.05, 3.63) is 0 Å². The van der Waals surface area contributed by atoms with Crippen LogP contribution in [0, 0.1) is 23.7 Å². The van der Waals surface area contributed by atoms with E-state index in [0.717, 1.165) is 23.7 Å². The van der Waals surface area contributed by atoms with Crippen LogP contribution in [0.25, 0.3) is 0 Å². The Morgan fingerprint density at radius 1 is 0.611 bits per heavy atom. The monoisotopic (exact) mass is 468 g/mol. The van der Waals surface area contributed by atoms with Crippen LogP contribution >= 0.6 is 0 Å². The molecule has 0 bridgehead atoms. The summed E-state index contributed by atoms with van der Waals surface area (Å²) in [6.07, 6.45) is 0. The predicted molar refractivity (Wildman–Crippen MR) is 90.1 cm³/mol. The standard InChI is InChI=1S/4C4H9.2Sn/c4*1-4(2)3;;/h4*4H,1H2,2-3H3;;. The van der Waals surface area contributed by atoms with Gasteiger partial charge in [-0.05, 0) is 0 Å². The number of hydrogen-bond acceptors (Lipinski definition) is 0. The zero-order valence-electron chi connectivity index (χ0n) is 14.1. The van der Waals surface area contributed by atoms with Crippen molar-refractivity contribution in [2.45, 2.75) is 73.1 Å². The first-order valence-corrected chi connectivity index (χ1v) is 15.7. The quantitative estimate of drug-likeness (QED) is 0.424. The van der Waals surface area contributed by atoms with Gasteiger partial charge in [0, 0.05) is 0 Å². The van der Waals surface area contributed by atoms with Gasteiger partial charge < -0.3 is 0 Å². The van der Waals surface area contributed by atoms with Gasteiger partial charge in [0.15, 0.2) is 0 Å². The van der Waals surface area contributed by atoms with E-state index in [0.29, 0.717) is 0 Å². The molecule has 108 valence electrons. The Morgan fingerprint density at radius 2 is 0.833 bits per heavy atom. The first kappa shape index (κ1) is 21.9. The van der Waals surface area contributed by atoms with Crippen LogP contribution in [0.5, 0.6) is 0 Å². The van der Waals surface area contributed by atoms with Crippen LogP contribution in [-0.4, -0.2) is 42.3 Å². The van der Waals surface area contributed by atoms with E-state index in [1.807, 2.05) is 0 Å². The molecule has 0 amide bonds. The molecule has 0 unspecified atom stereocenters. The average molecular weight is 466 g/mol. The van der Waals surface area contributed by atoms with Gasteiger partial charge in [0.1, 0.15) is 0 Å². The van der Waals surface area contributed by atoms with E-state index in [9.17, 15) is 0 Å². The van der Waals surface area contributed by atoms with E-state index in [1.54, 1.807) is 35.8 Å². The van der Waals surface area contributed by atoms with Crippen LogP contribution in [0.15, 0.2) is 0 Å². The average Bonchev–Trinajstić information content (AvgIpc) is 2.14. The van der Waals surface area contributed by atoms with Crippen LogP contribution in [0.4, 0.5) is 0 Å². The van der Waals surface area contributed by atoms with E-state index in [4.69, 9.17) is 0 Å². The molecule has 0 aromatic rings. The summed E-state index contributed by atoms with van der Waals surface area (Å²) in [5, 5.41) is 0. The van der Waals surface area contributed by atoms with Gasteiger partial charge in [-0.1, -0.05) is 0 Å². The summed E-state index contributed by atoms with van der Waals surface area (Å²) < 4.78 is 6.22. The van der Waals surface area contributed by atoms with Crippen molar-refractivity contribution in [2.24, 2.45) is 23.7 Å². The number of hydrogen-bond donors (Lipinski definition) is 0. The van der Waals surface area contributed by atoms with Gasteiger partial charge in [0.2, 0.25) is 0 Å². The molecule has 0 saturated heterocycles. The molecule has 0 heterocycles. The zero-order chi connectivity index (χ0) is 14.7. The van der Waals surface area contributed by atoms with Crippen LogP contribution in [0.3, 0.4) is 0 Å². The van der Waals surface area contributed by atoms with Crippen LogP contribution in [0.1, 0.15) is 55.4 Å². The third-order valence-corrected chi connectivity index (χ3v) is 16.8. The van der Waals surface area contributed by atoms with Crippen LogP contribution in [0.2, 0.25) is 17.7 Å². The summed E-state index contributed by atoms with van der Waals surface area (Å²) in [5.74, 6) is 3.78. The van der Waals surface area contributed by atoms with Gasteiger partial charge in [-0.25, -0.2) is 0 Å². The minimum absolute atomic E-state index is 0.924. The second-order valence-corrected chi connectivity index (χ2v) is 16.1. The van der Waals surface area contributed by atoms with Crippen molar-refractivity contribution >= 4 is 42.3 Å². The Labute approximate surface area is 138 Å². The maximum absolute atomic E-state index is 2.39. The summed E-state index contributed by atoms with van der Waals surface area (Å²) in [4.78, 5) is 0. The molecular formula is C16H36Sn2. The van der Waals surface area contributed by atoms with Crippen LogP contribution in [-0.2, 0) is 0 Å². The molecule has 0 aliphatic heterocycles. The molecule has 4 radical (unpaired) electrons. The van der Waals surface area contributed by atoms with Gasteiger partial charge in [0.05, 0.1) is 0 Å². The topological polar surface area (TPSA) is 0 Å². The molecule has 0 aliphatic carbocycles. The van der Waals surface area contributed by atoms with Gasteiger partial charge in [-0.2, -0.15) is 0 Å². The Hall–Kier alpha value is 1.60. The van der Waals surface area contributed by atoms with Gasteiger partial charge in [0.25, 0.3) is 0 Å². The normalized spacial score (nSPS) is 11.7. The molecule has 0 aromatic carbocycles. The Balaban J connectivity index is 0. The summed E-state index contributed by atoms with van der Waals surface area (Å²) >= 11 is 0.689. The van der Waals surface area contributed by atoms with Crippen molar-refractivity contribution < 1.29 is 0 Å². The molecule has 0 N–H and O–H groups in total. The molecule has 0 aromatic heterocycles. The molecular weight excluding hydrogens is 430 g/mol. The summed E-state index contributed by atoms with van der Waals surface area (Å²) in [6.45, 7) is 18.8. The van der Waals surface area contributed by atoms with Gasteiger partial charge in [-0.15, -0.1) is 0 Å². The summed E-state index contributed by atoms with van der Waals surface area (Å²) in [7, 11) is 0. The molecule has 0 rings (SSSR count). The van der Waals surface area contributed by atoms with Crippen LogP contribution < -0.4 is 0 Å². The fraction of sp³-hybridized carbons (Fsp3) is 1.00. The molecule has 0 aliphatic rings. The van der Waals surface area contributed by atoms with Crippen molar-refractivity contribution in [1.82, 2.24) is 0 Å².